The van der Waals surface area contributed by atoms with Crippen molar-refractivity contribution >= 4 is 17.3 Å². The van der Waals surface area contributed by atoms with Gasteiger partial charge in [-0.3, -0.25) is 4.79 Å². The van der Waals surface area contributed by atoms with E-state index in [2.05, 4.69) is 41.6 Å². The fourth-order valence-corrected chi connectivity index (χ4v) is 2.85. The largest absolute Gasteiger partial charge is 0.493 e. The first-order valence-electron chi connectivity index (χ1n) is 9.29. The van der Waals surface area contributed by atoms with Crippen LogP contribution in [0.4, 0.5) is 11.4 Å². The van der Waals surface area contributed by atoms with Crippen molar-refractivity contribution in [3.8, 4) is 11.5 Å². The Morgan fingerprint density at radius 3 is 2.31 bits per heavy atom. The van der Waals surface area contributed by atoms with Gasteiger partial charge in [0.1, 0.15) is 5.69 Å². The van der Waals surface area contributed by atoms with Gasteiger partial charge in [0, 0.05) is 12.2 Å². The lowest BCUT2D eigenvalue weighted by Crippen LogP contribution is -2.23. The molecule has 0 aliphatic rings. The molecule has 0 fully saturated rings. The Kier molecular flexibility index (Phi) is 6.34. The molecule has 0 unspecified atom stereocenters. The first-order chi connectivity index (χ1) is 14.0. The second kappa shape index (κ2) is 9.10. The third-order valence-electron chi connectivity index (χ3n) is 4.69. The van der Waals surface area contributed by atoms with Crippen LogP contribution in [0.5, 0.6) is 11.5 Å². The number of methoxy groups -OCH3 is 2. The number of pyridine rings is 1. The molecule has 2 aromatic carbocycles. The molecule has 0 aliphatic carbocycles. The van der Waals surface area contributed by atoms with Crippen LogP contribution < -0.4 is 20.1 Å². The standard InChI is InChI=1S/C23H25N3O3/c1-15-5-7-18(11-16(15)2)26-19-8-9-20(24-14-19)23(27)25-13-17-6-10-21(28-3)22(12-17)29-4/h5-12,14,26H,13H2,1-4H3,(H,25,27). The van der Waals surface area contributed by atoms with Gasteiger partial charge in [-0.2, -0.15) is 0 Å². The molecule has 6 nitrogen and oxygen atoms in total. The van der Waals surface area contributed by atoms with Crippen molar-refractivity contribution in [3.63, 3.8) is 0 Å². The summed E-state index contributed by atoms with van der Waals surface area (Å²) in [7, 11) is 3.17. The maximum atomic E-state index is 12.4. The number of ether oxygens (including phenoxy) is 2. The van der Waals surface area contributed by atoms with Gasteiger partial charge in [-0.25, -0.2) is 4.98 Å². The second-order valence-corrected chi connectivity index (χ2v) is 6.73. The van der Waals surface area contributed by atoms with Gasteiger partial charge >= 0.3 is 0 Å². The number of hydrogen-bond donors (Lipinski definition) is 2. The van der Waals surface area contributed by atoms with Crippen LogP contribution in [0, 0.1) is 13.8 Å². The van der Waals surface area contributed by atoms with Crippen molar-refractivity contribution in [2.45, 2.75) is 20.4 Å². The summed E-state index contributed by atoms with van der Waals surface area (Å²) >= 11 is 0. The summed E-state index contributed by atoms with van der Waals surface area (Å²) in [5.41, 5.74) is 5.54. The quantitative estimate of drug-likeness (QED) is 0.625. The van der Waals surface area contributed by atoms with Crippen molar-refractivity contribution in [1.82, 2.24) is 10.3 Å². The van der Waals surface area contributed by atoms with Crippen LogP contribution >= 0.6 is 0 Å². The number of aryl methyl sites for hydroxylation is 2. The smallest absolute Gasteiger partial charge is 0.270 e. The molecule has 0 bridgehead atoms. The summed E-state index contributed by atoms with van der Waals surface area (Å²) in [4.78, 5) is 16.7. The summed E-state index contributed by atoms with van der Waals surface area (Å²) < 4.78 is 10.5. The van der Waals surface area contributed by atoms with Crippen molar-refractivity contribution in [2.75, 3.05) is 19.5 Å². The molecule has 1 amide bonds. The molecule has 1 heterocycles. The number of nitrogens with zero attached hydrogens (tertiary/aromatic N) is 1. The van der Waals surface area contributed by atoms with Gasteiger partial charge in [-0.15, -0.1) is 0 Å². The monoisotopic (exact) mass is 391 g/mol. The maximum absolute atomic E-state index is 12.4. The van der Waals surface area contributed by atoms with Crippen LogP contribution in [0.1, 0.15) is 27.2 Å². The van der Waals surface area contributed by atoms with E-state index in [9.17, 15) is 4.79 Å². The number of aromatic nitrogens is 1. The van der Waals surface area contributed by atoms with Crippen molar-refractivity contribution in [2.24, 2.45) is 0 Å². The number of nitrogens with one attached hydrogen (secondary N) is 2. The first-order valence-corrected chi connectivity index (χ1v) is 9.29. The normalized spacial score (nSPS) is 10.3. The highest BCUT2D eigenvalue weighted by molar-refractivity contribution is 5.92. The third kappa shape index (κ3) is 5.04. The molecule has 1 aromatic heterocycles. The van der Waals surface area contributed by atoms with E-state index in [1.165, 1.54) is 11.1 Å². The Hall–Kier alpha value is -3.54. The highest BCUT2D eigenvalue weighted by atomic mass is 16.5. The number of amides is 1. The van der Waals surface area contributed by atoms with Gasteiger partial charge < -0.3 is 20.1 Å². The molecular formula is C23H25N3O3. The number of rotatable bonds is 7. The molecule has 3 rings (SSSR count). The topological polar surface area (TPSA) is 72.5 Å². The minimum absolute atomic E-state index is 0.238. The molecule has 2 N–H and O–H groups in total. The van der Waals surface area contributed by atoms with E-state index >= 15 is 0 Å². The van der Waals surface area contributed by atoms with Crippen molar-refractivity contribution < 1.29 is 14.3 Å². The predicted octanol–water partition coefficient (Wildman–Crippen LogP) is 4.39. The Balaban J connectivity index is 1.61. The van der Waals surface area contributed by atoms with Crippen LogP contribution in [0.25, 0.3) is 0 Å². The third-order valence-corrected chi connectivity index (χ3v) is 4.69. The zero-order valence-corrected chi connectivity index (χ0v) is 17.1. The molecule has 150 valence electrons. The highest BCUT2D eigenvalue weighted by Crippen LogP contribution is 2.27. The summed E-state index contributed by atoms with van der Waals surface area (Å²) in [5.74, 6) is 1.03. The lowest BCUT2D eigenvalue weighted by Gasteiger charge is -2.11. The number of benzene rings is 2. The summed E-state index contributed by atoms with van der Waals surface area (Å²) in [6, 6.07) is 15.2. The average molecular weight is 391 g/mol. The Bertz CT molecular complexity index is 1000. The van der Waals surface area contributed by atoms with Crippen LogP contribution in [0.15, 0.2) is 54.7 Å². The van der Waals surface area contributed by atoms with Crippen LogP contribution in [0.3, 0.4) is 0 Å². The van der Waals surface area contributed by atoms with E-state index in [1.54, 1.807) is 26.5 Å². The first kappa shape index (κ1) is 20.2. The second-order valence-electron chi connectivity index (χ2n) is 6.73. The molecule has 3 aromatic rings. The van der Waals surface area contributed by atoms with E-state index in [1.807, 2.05) is 30.3 Å². The number of anilines is 2. The van der Waals surface area contributed by atoms with Gasteiger partial charge in [0.2, 0.25) is 0 Å². The molecule has 0 atom stereocenters. The van der Waals surface area contributed by atoms with Crippen LogP contribution in [-0.4, -0.2) is 25.1 Å². The van der Waals surface area contributed by atoms with E-state index in [0.29, 0.717) is 23.7 Å². The minimum atomic E-state index is -0.238. The van der Waals surface area contributed by atoms with E-state index in [0.717, 1.165) is 16.9 Å². The Morgan fingerprint density at radius 2 is 1.66 bits per heavy atom. The molecule has 6 heteroatoms. The van der Waals surface area contributed by atoms with Crippen LogP contribution in [-0.2, 0) is 6.54 Å². The molecule has 0 radical (unpaired) electrons. The fraction of sp³-hybridized carbons (Fsp3) is 0.217. The fourth-order valence-electron chi connectivity index (χ4n) is 2.85. The number of carbonyl (C=O) groups excluding carboxylic acids is 1. The molecule has 0 saturated carbocycles. The van der Waals surface area contributed by atoms with Crippen molar-refractivity contribution in [3.05, 3.63) is 77.1 Å². The van der Waals surface area contributed by atoms with Gasteiger partial charge in [-0.1, -0.05) is 12.1 Å². The highest BCUT2D eigenvalue weighted by Gasteiger charge is 2.09. The van der Waals surface area contributed by atoms with E-state index in [-0.39, 0.29) is 5.91 Å². The van der Waals surface area contributed by atoms with Gasteiger partial charge in [0.05, 0.1) is 26.1 Å². The zero-order valence-electron chi connectivity index (χ0n) is 17.1. The van der Waals surface area contributed by atoms with Gasteiger partial charge in [0.25, 0.3) is 5.91 Å². The lowest BCUT2D eigenvalue weighted by molar-refractivity contribution is 0.0946. The SMILES string of the molecule is COc1ccc(CNC(=O)c2ccc(Nc3ccc(C)c(C)c3)cn2)cc1OC. The Labute approximate surface area is 170 Å². The molecule has 0 aliphatic heterocycles. The molecular weight excluding hydrogens is 366 g/mol. The van der Waals surface area contributed by atoms with Crippen molar-refractivity contribution in [1.29, 1.82) is 0 Å². The number of carbonyl (C=O) groups is 1. The summed E-state index contributed by atoms with van der Waals surface area (Å²) in [6.45, 7) is 4.52. The average Bonchev–Trinajstić information content (AvgIpc) is 2.75. The zero-order chi connectivity index (χ0) is 20.8. The van der Waals surface area contributed by atoms with E-state index in [4.69, 9.17) is 9.47 Å². The minimum Gasteiger partial charge on any atom is -0.493 e. The maximum Gasteiger partial charge on any atom is 0.270 e. The van der Waals surface area contributed by atoms with Gasteiger partial charge in [-0.05, 0) is 66.9 Å². The van der Waals surface area contributed by atoms with Gasteiger partial charge in [0.15, 0.2) is 11.5 Å². The van der Waals surface area contributed by atoms with Crippen LogP contribution in [0.2, 0.25) is 0 Å². The Morgan fingerprint density at radius 1 is 0.897 bits per heavy atom. The predicted molar refractivity (Wildman–Crippen MR) is 114 cm³/mol. The molecule has 0 saturated heterocycles. The molecule has 0 spiro atoms. The molecule has 29 heavy (non-hydrogen) atoms. The summed E-state index contributed by atoms with van der Waals surface area (Å²) in [6.07, 6.45) is 1.65. The van der Waals surface area contributed by atoms with E-state index < -0.39 is 0 Å². The number of hydrogen-bond acceptors (Lipinski definition) is 5. The summed E-state index contributed by atoms with van der Waals surface area (Å²) in [5, 5.41) is 6.17. The lowest BCUT2D eigenvalue weighted by atomic mass is 10.1.